The van der Waals surface area contributed by atoms with E-state index >= 15 is 0 Å². The van der Waals surface area contributed by atoms with Crippen LogP contribution < -0.4 is 5.32 Å². The second-order valence-electron chi connectivity index (χ2n) is 5.31. The van der Waals surface area contributed by atoms with E-state index in [4.69, 9.17) is 0 Å². The molecule has 2 aliphatic heterocycles. The third kappa shape index (κ3) is 2.03. The van der Waals surface area contributed by atoms with E-state index in [-0.39, 0.29) is 4.92 Å². The first kappa shape index (κ1) is 11.7. The summed E-state index contributed by atoms with van der Waals surface area (Å²) in [5.41, 5.74) is 2.57. The number of hydrogen-bond acceptors (Lipinski definition) is 4. The summed E-state index contributed by atoms with van der Waals surface area (Å²) in [5, 5.41) is 14.3. The van der Waals surface area contributed by atoms with Gasteiger partial charge in [-0.05, 0) is 44.0 Å². The average Bonchev–Trinajstić information content (AvgIpc) is 2.82. The highest BCUT2D eigenvalue weighted by Crippen LogP contribution is 2.34. The fraction of sp³-hybridized carbons (Fsp3) is 0.692. The van der Waals surface area contributed by atoms with E-state index < -0.39 is 6.04 Å². The maximum Gasteiger partial charge on any atom is 0.237 e. The molecule has 3 rings (SSSR count). The van der Waals surface area contributed by atoms with Crippen molar-refractivity contribution >= 4 is 0 Å². The lowest BCUT2D eigenvalue weighted by atomic mass is 9.98. The lowest BCUT2D eigenvalue weighted by molar-refractivity contribution is -0.509. The normalized spacial score (nSPS) is 28.7. The molecule has 0 amide bonds. The van der Waals surface area contributed by atoms with Crippen LogP contribution in [0.3, 0.4) is 0 Å². The standard InChI is InChI=1S/C13H19N3O2/c17-16(18)12-2-1-10-5-8-15(13(10)9-12)11-3-6-14-7-4-11/h1-2,11-12,14H,3-9H2. The second kappa shape index (κ2) is 4.72. The first-order valence-electron chi connectivity index (χ1n) is 6.77. The first-order chi connectivity index (χ1) is 8.75. The molecule has 0 aromatic carbocycles. The van der Waals surface area contributed by atoms with Crippen LogP contribution in [0.25, 0.3) is 0 Å². The van der Waals surface area contributed by atoms with Gasteiger partial charge in [-0.2, -0.15) is 0 Å². The molecule has 0 bridgehead atoms. The minimum atomic E-state index is -0.522. The molecule has 1 N–H and O–H groups in total. The number of piperidine rings is 1. The minimum Gasteiger partial charge on any atom is -0.371 e. The zero-order chi connectivity index (χ0) is 12.5. The highest BCUT2D eigenvalue weighted by atomic mass is 16.6. The Morgan fingerprint density at radius 3 is 2.89 bits per heavy atom. The fourth-order valence-corrected chi connectivity index (χ4v) is 3.29. The highest BCUT2D eigenvalue weighted by Gasteiger charge is 2.34. The van der Waals surface area contributed by atoms with Crippen molar-refractivity contribution in [1.82, 2.24) is 10.2 Å². The Balaban J connectivity index is 1.76. The summed E-state index contributed by atoms with van der Waals surface area (Å²) in [6.07, 6.45) is 7.69. The predicted octanol–water partition coefficient (Wildman–Crippen LogP) is 1.30. The molecule has 1 atom stereocenters. The number of allylic oxidation sites excluding steroid dienone is 1. The maximum atomic E-state index is 10.9. The SMILES string of the molecule is O=[N+]([O-])C1C=CC2=C(C1)N(C1CCNCC1)CC2. The third-order valence-corrected chi connectivity index (χ3v) is 4.28. The Labute approximate surface area is 107 Å². The Hall–Kier alpha value is -1.36. The van der Waals surface area contributed by atoms with Gasteiger partial charge in [-0.15, -0.1) is 0 Å². The van der Waals surface area contributed by atoms with Gasteiger partial charge in [0.2, 0.25) is 6.04 Å². The largest absolute Gasteiger partial charge is 0.371 e. The van der Waals surface area contributed by atoms with E-state index in [2.05, 4.69) is 10.2 Å². The Morgan fingerprint density at radius 2 is 2.17 bits per heavy atom. The van der Waals surface area contributed by atoms with Crippen molar-refractivity contribution in [1.29, 1.82) is 0 Å². The van der Waals surface area contributed by atoms with Crippen LogP contribution in [0.15, 0.2) is 23.4 Å². The van der Waals surface area contributed by atoms with Gasteiger partial charge in [-0.3, -0.25) is 10.1 Å². The number of nitrogens with zero attached hydrogens (tertiary/aromatic N) is 2. The Kier molecular flexibility index (Phi) is 3.07. The van der Waals surface area contributed by atoms with Crippen molar-refractivity contribution in [2.75, 3.05) is 19.6 Å². The topological polar surface area (TPSA) is 58.4 Å². The molecule has 1 aliphatic carbocycles. The third-order valence-electron chi connectivity index (χ3n) is 4.28. The molecule has 0 saturated carbocycles. The number of nitro groups is 1. The molecule has 2 heterocycles. The Bertz CT molecular complexity index is 410. The van der Waals surface area contributed by atoms with Crippen molar-refractivity contribution in [2.24, 2.45) is 0 Å². The molecule has 1 saturated heterocycles. The zero-order valence-corrected chi connectivity index (χ0v) is 10.5. The van der Waals surface area contributed by atoms with E-state index in [0.29, 0.717) is 12.5 Å². The summed E-state index contributed by atoms with van der Waals surface area (Å²) < 4.78 is 0. The van der Waals surface area contributed by atoms with Crippen molar-refractivity contribution < 1.29 is 4.92 Å². The van der Waals surface area contributed by atoms with Crippen molar-refractivity contribution in [3.63, 3.8) is 0 Å². The van der Waals surface area contributed by atoms with Gasteiger partial charge >= 0.3 is 0 Å². The zero-order valence-electron chi connectivity index (χ0n) is 10.5. The van der Waals surface area contributed by atoms with E-state index in [1.165, 1.54) is 11.3 Å². The fourth-order valence-electron chi connectivity index (χ4n) is 3.29. The van der Waals surface area contributed by atoms with Gasteiger partial charge in [0.1, 0.15) is 0 Å². The summed E-state index contributed by atoms with van der Waals surface area (Å²) >= 11 is 0. The monoisotopic (exact) mass is 249 g/mol. The predicted molar refractivity (Wildman–Crippen MR) is 68.8 cm³/mol. The highest BCUT2D eigenvalue weighted by molar-refractivity contribution is 5.34. The molecule has 18 heavy (non-hydrogen) atoms. The van der Waals surface area contributed by atoms with Crippen LogP contribution in [0.1, 0.15) is 25.7 Å². The molecule has 0 spiro atoms. The first-order valence-corrected chi connectivity index (χ1v) is 6.77. The Morgan fingerprint density at radius 1 is 1.39 bits per heavy atom. The van der Waals surface area contributed by atoms with Gasteiger partial charge < -0.3 is 10.2 Å². The smallest absolute Gasteiger partial charge is 0.237 e. The lowest BCUT2D eigenvalue weighted by Gasteiger charge is -2.35. The summed E-state index contributed by atoms with van der Waals surface area (Å²) in [5.74, 6) is 0. The van der Waals surface area contributed by atoms with Crippen LogP contribution in [0, 0.1) is 10.1 Å². The average molecular weight is 249 g/mol. The van der Waals surface area contributed by atoms with Crippen LogP contribution in [-0.4, -0.2) is 41.5 Å². The molecule has 0 aromatic heterocycles. The maximum absolute atomic E-state index is 10.9. The molecule has 5 heteroatoms. The molecule has 0 aromatic rings. The van der Waals surface area contributed by atoms with Crippen LogP contribution >= 0.6 is 0 Å². The molecular weight excluding hydrogens is 230 g/mol. The van der Waals surface area contributed by atoms with Crippen molar-refractivity contribution in [2.45, 2.75) is 37.8 Å². The summed E-state index contributed by atoms with van der Waals surface area (Å²) in [6, 6.07) is 0.0590. The van der Waals surface area contributed by atoms with Gasteiger partial charge in [-0.1, -0.05) is 6.08 Å². The molecule has 1 fully saturated rings. The van der Waals surface area contributed by atoms with Crippen molar-refractivity contribution in [3.05, 3.63) is 33.5 Å². The van der Waals surface area contributed by atoms with Gasteiger partial charge in [0.05, 0.1) is 6.42 Å². The van der Waals surface area contributed by atoms with Crippen LogP contribution in [-0.2, 0) is 0 Å². The van der Waals surface area contributed by atoms with Gasteiger partial charge in [0.15, 0.2) is 0 Å². The molecule has 3 aliphatic rings. The number of nitrogens with one attached hydrogen (secondary N) is 1. The van der Waals surface area contributed by atoms with E-state index in [1.807, 2.05) is 6.08 Å². The second-order valence-corrected chi connectivity index (χ2v) is 5.31. The van der Waals surface area contributed by atoms with Crippen molar-refractivity contribution in [3.8, 4) is 0 Å². The van der Waals surface area contributed by atoms with Gasteiger partial charge in [-0.25, -0.2) is 0 Å². The molecule has 98 valence electrons. The van der Waals surface area contributed by atoms with Gasteiger partial charge in [0, 0.05) is 23.2 Å². The number of hydrogen-bond donors (Lipinski definition) is 1. The quantitative estimate of drug-likeness (QED) is 0.592. The molecule has 0 radical (unpaired) electrons. The summed E-state index contributed by atoms with van der Waals surface area (Å²) in [6.45, 7) is 3.18. The van der Waals surface area contributed by atoms with E-state index in [1.54, 1.807) is 6.08 Å². The summed E-state index contributed by atoms with van der Waals surface area (Å²) in [7, 11) is 0. The molecule has 1 unspecified atom stereocenters. The van der Waals surface area contributed by atoms with E-state index in [0.717, 1.165) is 38.9 Å². The minimum absolute atomic E-state index is 0.167. The van der Waals surface area contributed by atoms with Gasteiger partial charge in [0.25, 0.3) is 0 Å². The molecule has 5 nitrogen and oxygen atoms in total. The van der Waals surface area contributed by atoms with E-state index in [9.17, 15) is 10.1 Å². The lowest BCUT2D eigenvalue weighted by Crippen LogP contribution is -2.42. The van der Waals surface area contributed by atoms with Crippen LogP contribution in [0.5, 0.6) is 0 Å². The van der Waals surface area contributed by atoms with Crippen LogP contribution in [0.4, 0.5) is 0 Å². The van der Waals surface area contributed by atoms with Crippen LogP contribution in [0.2, 0.25) is 0 Å². The number of rotatable bonds is 2. The molecular formula is C13H19N3O2. The summed E-state index contributed by atoms with van der Waals surface area (Å²) in [4.78, 5) is 13.2.